The van der Waals surface area contributed by atoms with Crippen LogP contribution in [0.1, 0.15) is 55.4 Å². The summed E-state index contributed by atoms with van der Waals surface area (Å²) in [5.74, 6) is 1.14. The van der Waals surface area contributed by atoms with Crippen molar-refractivity contribution in [2.45, 2.75) is 63.4 Å². The lowest BCUT2D eigenvalue weighted by atomic mass is 9.81. The van der Waals surface area contributed by atoms with E-state index < -0.39 is 17.3 Å². The predicted molar refractivity (Wildman–Crippen MR) is 133 cm³/mol. The van der Waals surface area contributed by atoms with E-state index in [1.54, 1.807) is 12.3 Å². The summed E-state index contributed by atoms with van der Waals surface area (Å²) in [7, 11) is 0. The molecule has 2 aromatic rings. The third kappa shape index (κ3) is 6.34. The number of ether oxygens (including phenoxy) is 1. The van der Waals surface area contributed by atoms with Crippen molar-refractivity contribution in [3.8, 4) is 0 Å². The zero-order valence-corrected chi connectivity index (χ0v) is 21.3. The number of hydrogen-bond donors (Lipinski definition) is 1. The Hall–Kier alpha value is -3.01. The SMILES string of the molecule is O=C(NCc1ccco1)C1CCC(CN2CC3(CCN(Cc4ccc(C(F)(F)F)cc4)CC3)OC2=O)CC1. The van der Waals surface area contributed by atoms with Crippen molar-refractivity contribution in [1.29, 1.82) is 0 Å². The number of furan rings is 1. The molecule has 1 aliphatic carbocycles. The van der Waals surface area contributed by atoms with Crippen LogP contribution in [0.4, 0.5) is 18.0 Å². The van der Waals surface area contributed by atoms with E-state index in [0.29, 0.717) is 44.9 Å². The third-order valence-electron chi connectivity index (χ3n) is 8.21. The first-order valence-electron chi connectivity index (χ1n) is 13.4. The summed E-state index contributed by atoms with van der Waals surface area (Å²) in [6, 6.07) is 8.94. The molecular formula is C28H34F3N3O4. The molecule has 1 aromatic carbocycles. The first kappa shape index (κ1) is 26.6. The fraction of sp³-hybridized carbons (Fsp3) is 0.571. The number of halogens is 3. The van der Waals surface area contributed by atoms with E-state index in [0.717, 1.165) is 62.2 Å². The first-order chi connectivity index (χ1) is 18.2. The van der Waals surface area contributed by atoms with Crippen LogP contribution in [-0.4, -0.2) is 53.6 Å². The van der Waals surface area contributed by atoms with Crippen LogP contribution >= 0.6 is 0 Å². The summed E-state index contributed by atoms with van der Waals surface area (Å²) < 4.78 is 49.6. The lowest BCUT2D eigenvalue weighted by Crippen LogP contribution is -2.46. The largest absolute Gasteiger partial charge is 0.467 e. The molecule has 7 nitrogen and oxygen atoms in total. The molecule has 0 bridgehead atoms. The maximum atomic E-state index is 12.8. The molecule has 1 saturated carbocycles. The van der Waals surface area contributed by atoms with Gasteiger partial charge in [0.05, 0.1) is 24.9 Å². The van der Waals surface area contributed by atoms with Gasteiger partial charge in [-0.3, -0.25) is 9.69 Å². The predicted octanol–water partition coefficient (Wildman–Crippen LogP) is 5.21. The molecule has 10 heteroatoms. The Morgan fingerprint density at radius 2 is 1.76 bits per heavy atom. The zero-order valence-electron chi connectivity index (χ0n) is 21.3. The Bertz CT molecular complexity index is 1090. The number of amides is 2. The molecule has 5 rings (SSSR count). The number of carbonyl (C=O) groups is 2. The van der Waals surface area contributed by atoms with Crippen molar-refractivity contribution < 1.29 is 31.9 Å². The van der Waals surface area contributed by atoms with Crippen molar-refractivity contribution in [2.24, 2.45) is 11.8 Å². The van der Waals surface area contributed by atoms with Gasteiger partial charge in [0.2, 0.25) is 5.91 Å². The number of carbonyl (C=O) groups excluding carboxylic acids is 2. The van der Waals surface area contributed by atoms with Crippen molar-refractivity contribution in [3.63, 3.8) is 0 Å². The molecular weight excluding hydrogens is 499 g/mol. The zero-order chi connectivity index (χ0) is 26.8. The molecule has 3 fully saturated rings. The number of nitrogens with one attached hydrogen (secondary N) is 1. The van der Waals surface area contributed by atoms with Crippen LogP contribution in [0.2, 0.25) is 0 Å². The number of rotatable bonds is 7. The highest BCUT2D eigenvalue weighted by Gasteiger charge is 2.47. The molecule has 0 radical (unpaired) electrons. The van der Waals surface area contributed by atoms with Gasteiger partial charge in [0.1, 0.15) is 11.4 Å². The Morgan fingerprint density at radius 3 is 2.39 bits per heavy atom. The molecule has 0 unspecified atom stereocenters. The van der Waals surface area contributed by atoms with Crippen LogP contribution in [0, 0.1) is 11.8 Å². The molecule has 0 atom stereocenters. The second-order valence-corrected chi connectivity index (χ2v) is 10.9. The molecule has 206 valence electrons. The molecule has 2 aliphatic heterocycles. The van der Waals surface area contributed by atoms with Crippen LogP contribution < -0.4 is 5.32 Å². The average molecular weight is 534 g/mol. The second kappa shape index (κ2) is 11.0. The highest BCUT2D eigenvalue weighted by molar-refractivity contribution is 5.78. The van der Waals surface area contributed by atoms with Crippen molar-refractivity contribution in [2.75, 3.05) is 26.2 Å². The van der Waals surface area contributed by atoms with Crippen LogP contribution in [0.25, 0.3) is 0 Å². The Labute approximate surface area is 220 Å². The molecule has 3 heterocycles. The van der Waals surface area contributed by atoms with Gasteiger partial charge in [-0.25, -0.2) is 4.79 Å². The Morgan fingerprint density at radius 1 is 1.05 bits per heavy atom. The van der Waals surface area contributed by atoms with Gasteiger partial charge in [-0.15, -0.1) is 0 Å². The number of piperidine rings is 1. The van der Waals surface area contributed by atoms with E-state index in [9.17, 15) is 22.8 Å². The molecule has 3 aliphatic rings. The quantitative estimate of drug-likeness (QED) is 0.529. The normalized spacial score (nSPS) is 24.0. The topological polar surface area (TPSA) is 75.0 Å². The van der Waals surface area contributed by atoms with Gasteiger partial charge in [0, 0.05) is 44.9 Å². The molecule has 1 N–H and O–H groups in total. The Balaban J connectivity index is 1.04. The fourth-order valence-electron chi connectivity index (χ4n) is 5.92. The number of likely N-dealkylation sites (tertiary alicyclic amines) is 1. The molecule has 2 saturated heterocycles. The van der Waals surface area contributed by atoms with Gasteiger partial charge in [-0.2, -0.15) is 13.2 Å². The average Bonchev–Trinajstić information content (AvgIpc) is 3.52. The van der Waals surface area contributed by atoms with Gasteiger partial charge in [-0.05, 0) is 61.4 Å². The van der Waals surface area contributed by atoms with Crippen LogP contribution in [0.5, 0.6) is 0 Å². The van der Waals surface area contributed by atoms with Gasteiger partial charge < -0.3 is 19.4 Å². The van der Waals surface area contributed by atoms with Crippen molar-refractivity contribution >= 4 is 12.0 Å². The molecule has 1 aromatic heterocycles. The van der Waals surface area contributed by atoms with Gasteiger partial charge in [-0.1, -0.05) is 12.1 Å². The van der Waals surface area contributed by atoms with E-state index in [1.807, 2.05) is 11.0 Å². The van der Waals surface area contributed by atoms with Crippen LogP contribution in [0.3, 0.4) is 0 Å². The molecule has 38 heavy (non-hydrogen) atoms. The molecule has 2 amide bonds. The number of alkyl halides is 3. The number of hydrogen-bond acceptors (Lipinski definition) is 5. The summed E-state index contributed by atoms with van der Waals surface area (Å²) >= 11 is 0. The van der Waals surface area contributed by atoms with E-state index in [2.05, 4.69) is 10.2 Å². The van der Waals surface area contributed by atoms with Gasteiger partial charge >= 0.3 is 12.3 Å². The van der Waals surface area contributed by atoms with E-state index in [4.69, 9.17) is 9.15 Å². The monoisotopic (exact) mass is 533 g/mol. The van der Waals surface area contributed by atoms with E-state index >= 15 is 0 Å². The first-order valence-corrected chi connectivity index (χ1v) is 13.4. The highest BCUT2D eigenvalue weighted by Crippen LogP contribution is 2.36. The maximum absolute atomic E-state index is 12.8. The highest BCUT2D eigenvalue weighted by atomic mass is 19.4. The lowest BCUT2D eigenvalue weighted by molar-refractivity contribution is -0.137. The Kier molecular flexibility index (Phi) is 7.70. The van der Waals surface area contributed by atoms with Crippen LogP contribution in [0.15, 0.2) is 47.1 Å². The summed E-state index contributed by atoms with van der Waals surface area (Å²) in [5, 5.41) is 2.95. The lowest BCUT2D eigenvalue weighted by Gasteiger charge is -2.37. The summed E-state index contributed by atoms with van der Waals surface area (Å²) in [5.41, 5.74) is -0.292. The fourth-order valence-corrected chi connectivity index (χ4v) is 5.92. The van der Waals surface area contributed by atoms with E-state index in [1.165, 1.54) is 12.1 Å². The summed E-state index contributed by atoms with van der Waals surface area (Å²) in [6.45, 7) is 3.64. The summed E-state index contributed by atoms with van der Waals surface area (Å²) in [4.78, 5) is 29.2. The third-order valence-corrected chi connectivity index (χ3v) is 8.21. The van der Waals surface area contributed by atoms with Crippen molar-refractivity contribution in [3.05, 3.63) is 59.5 Å². The minimum Gasteiger partial charge on any atom is -0.467 e. The summed E-state index contributed by atoms with van der Waals surface area (Å²) in [6.07, 6.45) is 1.82. The minimum atomic E-state index is -4.33. The van der Waals surface area contributed by atoms with Gasteiger partial charge in [0.25, 0.3) is 0 Å². The maximum Gasteiger partial charge on any atom is 0.416 e. The van der Waals surface area contributed by atoms with E-state index in [-0.39, 0.29) is 17.9 Å². The standard InChI is InChI=1S/C28H34F3N3O4/c29-28(30,31)23-9-5-20(6-10-23)17-33-13-11-27(12-14-33)19-34(26(36)38-27)18-21-3-7-22(8-4-21)25(35)32-16-24-2-1-15-37-24/h1-2,5-6,9-10,15,21-22H,3-4,7-8,11-14,16-19H2,(H,32,35). The number of benzene rings is 1. The number of nitrogens with zero attached hydrogens (tertiary/aromatic N) is 2. The second-order valence-electron chi connectivity index (χ2n) is 10.9. The molecule has 1 spiro atoms. The van der Waals surface area contributed by atoms with Crippen molar-refractivity contribution in [1.82, 2.24) is 15.1 Å². The van der Waals surface area contributed by atoms with Crippen LogP contribution in [-0.2, 0) is 28.8 Å². The van der Waals surface area contributed by atoms with Gasteiger partial charge in [0.15, 0.2) is 0 Å². The minimum absolute atomic E-state index is 0.00734. The smallest absolute Gasteiger partial charge is 0.416 e.